The lowest BCUT2D eigenvalue weighted by atomic mass is 10.0. The Hall–Kier alpha value is 0.550. The predicted molar refractivity (Wildman–Crippen MR) is 164 cm³/mol. The molecule has 4 nitrogen and oxygen atoms in total. The maximum atomic E-state index is 11.0. The van der Waals surface area contributed by atoms with Crippen LogP contribution in [-0.4, -0.2) is 20.1 Å². The van der Waals surface area contributed by atoms with E-state index in [0.717, 1.165) is 19.3 Å². The van der Waals surface area contributed by atoms with Crippen molar-refractivity contribution in [2.75, 3.05) is 0 Å². The third-order valence-electron chi connectivity index (χ3n) is 7.11. The monoisotopic (exact) mass is 566 g/mol. The number of rotatable bonds is 29. The summed E-state index contributed by atoms with van der Waals surface area (Å²) in [4.78, 5) is 17.8. The van der Waals surface area contributed by atoms with Gasteiger partial charge in [-0.1, -0.05) is 180 Å². The summed E-state index contributed by atoms with van der Waals surface area (Å²) in [6.45, 7) is 2.29. The lowest BCUT2D eigenvalue weighted by Gasteiger charge is -2.16. The van der Waals surface area contributed by atoms with E-state index in [0.29, 0.717) is 6.42 Å². The van der Waals surface area contributed by atoms with Crippen LogP contribution in [0.1, 0.15) is 174 Å². The Bertz CT molecular complexity index is 527. The molecule has 216 valence electrons. The highest BCUT2D eigenvalue weighted by molar-refractivity contribution is 8.11. The molecule has 0 aromatic heterocycles. The second kappa shape index (κ2) is 27.1. The van der Waals surface area contributed by atoms with Gasteiger partial charge in [0.1, 0.15) is 6.10 Å². The summed E-state index contributed by atoms with van der Waals surface area (Å²) in [5, 5.41) is 0. The maximum absolute atomic E-state index is 11.0. The van der Waals surface area contributed by atoms with Crippen LogP contribution in [0.4, 0.5) is 0 Å². The Labute approximate surface area is 235 Å². The van der Waals surface area contributed by atoms with E-state index in [9.17, 15) is 4.57 Å². The normalized spacial score (nSPS) is 12.8. The van der Waals surface area contributed by atoms with Gasteiger partial charge in [-0.15, -0.1) is 12.6 Å². The minimum Gasteiger partial charge on any atom is -0.303 e. The Balaban J connectivity index is 3.22. The first-order valence-corrected chi connectivity index (χ1v) is 17.7. The fourth-order valence-corrected chi connectivity index (χ4v) is 5.90. The predicted octanol–water partition coefficient (Wildman–Crippen LogP) is 10.9. The second-order valence-electron chi connectivity index (χ2n) is 10.7. The zero-order valence-corrected chi connectivity index (χ0v) is 26.1. The van der Waals surface area contributed by atoms with Gasteiger partial charge in [0.05, 0.1) is 4.20 Å². The molecule has 0 heterocycles. The molecule has 0 spiro atoms. The Morgan fingerprint density at radius 1 is 0.611 bits per heavy atom. The molecule has 0 amide bonds. The number of hydrogen-bond acceptors (Lipinski definition) is 3. The molecule has 0 aliphatic carbocycles. The van der Waals surface area contributed by atoms with Crippen LogP contribution in [0.15, 0.2) is 0 Å². The van der Waals surface area contributed by atoms with E-state index in [2.05, 4.69) is 19.6 Å². The van der Waals surface area contributed by atoms with Crippen molar-refractivity contribution < 1.29 is 18.9 Å². The number of phosphoric ester groups is 1. The summed E-state index contributed by atoms with van der Waals surface area (Å²) in [5.41, 5.74) is 0. The van der Waals surface area contributed by atoms with E-state index in [4.69, 9.17) is 26.5 Å². The highest BCUT2D eigenvalue weighted by Gasteiger charge is 2.23. The van der Waals surface area contributed by atoms with Crippen molar-refractivity contribution in [3.63, 3.8) is 0 Å². The number of hydrogen-bond donors (Lipinski definition) is 3. The number of unbranched alkanes of at least 4 members (excludes halogenated alkanes) is 24. The van der Waals surface area contributed by atoms with E-state index < -0.39 is 13.9 Å². The Kier molecular flexibility index (Phi) is 27.5. The lowest BCUT2D eigenvalue weighted by molar-refractivity contribution is 0.166. The van der Waals surface area contributed by atoms with Gasteiger partial charge in [0.15, 0.2) is 0 Å². The first kappa shape index (κ1) is 36.5. The first-order chi connectivity index (χ1) is 17.4. The molecule has 0 aromatic carbocycles. The SMILES string of the molecule is CCCCCCCCCCCCCCCCCCCCCCCCCCCC(OP(=O)(O)O)C(=S)S. The quantitative estimate of drug-likeness (QED) is 0.0364. The Morgan fingerprint density at radius 3 is 1.08 bits per heavy atom. The van der Waals surface area contributed by atoms with Gasteiger partial charge in [-0.2, -0.15) is 0 Å². The van der Waals surface area contributed by atoms with E-state index >= 15 is 0 Å². The van der Waals surface area contributed by atoms with Gasteiger partial charge in [0.25, 0.3) is 0 Å². The van der Waals surface area contributed by atoms with E-state index in [1.54, 1.807) is 0 Å². The van der Waals surface area contributed by atoms with Gasteiger partial charge in [-0.3, -0.25) is 4.52 Å². The van der Waals surface area contributed by atoms with Crippen molar-refractivity contribution in [1.82, 2.24) is 0 Å². The number of thiocarbonyl (C=S) groups is 1. The molecule has 0 aromatic rings. The molecule has 0 radical (unpaired) electrons. The average Bonchev–Trinajstić information content (AvgIpc) is 2.82. The third kappa shape index (κ3) is 29.1. The van der Waals surface area contributed by atoms with Crippen LogP contribution in [0.5, 0.6) is 0 Å². The van der Waals surface area contributed by atoms with Gasteiger partial charge in [-0.25, -0.2) is 4.57 Å². The minimum absolute atomic E-state index is 0.211. The van der Waals surface area contributed by atoms with Crippen molar-refractivity contribution in [1.29, 1.82) is 0 Å². The average molecular weight is 567 g/mol. The molecule has 0 aliphatic rings. The highest BCUT2D eigenvalue weighted by atomic mass is 32.1. The second-order valence-corrected chi connectivity index (χ2v) is 13.1. The van der Waals surface area contributed by atoms with Gasteiger partial charge >= 0.3 is 7.82 Å². The van der Waals surface area contributed by atoms with Crippen LogP contribution in [-0.2, 0) is 9.09 Å². The fraction of sp³-hybridized carbons (Fsp3) is 0.966. The number of phosphoric acid groups is 1. The largest absolute Gasteiger partial charge is 0.470 e. The van der Waals surface area contributed by atoms with Crippen molar-refractivity contribution >= 4 is 36.9 Å². The van der Waals surface area contributed by atoms with Crippen molar-refractivity contribution in [3.8, 4) is 0 Å². The summed E-state index contributed by atoms with van der Waals surface area (Å²) in [5.74, 6) is 0. The topological polar surface area (TPSA) is 66.8 Å². The van der Waals surface area contributed by atoms with Crippen molar-refractivity contribution in [3.05, 3.63) is 0 Å². The molecule has 1 atom stereocenters. The summed E-state index contributed by atoms with van der Waals surface area (Å²) < 4.78 is 15.9. The number of thiol groups is 1. The maximum Gasteiger partial charge on any atom is 0.470 e. The van der Waals surface area contributed by atoms with Gasteiger partial charge in [-0.05, 0) is 6.42 Å². The molecule has 0 aliphatic heterocycles. The van der Waals surface area contributed by atoms with Crippen molar-refractivity contribution in [2.24, 2.45) is 0 Å². The molecule has 0 rings (SSSR count). The highest BCUT2D eigenvalue weighted by Crippen LogP contribution is 2.39. The van der Waals surface area contributed by atoms with Crippen molar-refractivity contribution in [2.45, 2.75) is 180 Å². The van der Waals surface area contributed by atoms with Crippen LogP contribution in [0.3, 0.4) is 0 Å². The summed E-state index contributed by atoms with van der Waals surface area (Å²) >= 11 is 8.94. The molecule has 7 heteroatoms. The lowest BCUT2D eigenvalue weighted by Crippen LogP contribution is -2.17. The molecule has 0 saturated heterocycles. The van der Waals surface area contributed by atoms with Crippen LogP contribution in [0.2, 0.25) is 0 Å². The molecule has 0 fully saturated rings. The molecule has 0 bridgehead atoms. The van der Waals surface area contributed by atoms with Gasteiger partial charge < -0.3 is 9.79 Å². The minimum atomic E-state index is -4.51. The summed E-state index contributed by atoms with van der Waals surface area (Å²) in [7, 11) is -4.51. The zero-order chi connectivity index (χ0) is 26.7. The molecule has 0 saturated carbocycles. The van der Waals surface area contributed by atoms with Gasteiger partial charge in [0.2, 0.25) is 0 Å². The molecular formula is C29H59O4PS2. The zero-order valence-electron chi connectivity index (χ0n) is 23.5. The molecule has 1 unspecified atom stereocenters. The molecule has 2 N–H and O–H groups in total. The van der Waals surface area contributed by atoms with E-state index in [-0.39, 0.29) is 4.20 Å². The van der Waals surface area contributed by atoms with Crippen LogP contribution in [0, 0.1) is 0 Å². The third-order valence-corrected chi connectivity index (χ3v) is 8.19. The first-order valence-electron chi connectivity index (χ1n) is 15.3. The smallest absolute Gasteiger partial charge is 0.303 e. The van der Waals surface area contributed by atoms with Crippen LogP contribution < -0.4 is 0 Å². The van der Waals surface area contributed by atoms with E-state index in [1.165, 1.54) is 141 Å². The standard InChI is InChI=1S/C29H59O4PS2/c1-2-3-4-5-6-7-8-9-10-11-12-13-14-15-16-17-18-19-20-21-22-23-24-25-26-27-28(29(35)36)33-34(30,31)32/h28H,2-27H2,1H3,(H,35,36)(H2,30,31,32). The fourth-order valence-electron chi connectivity index (χ4n) is 4.86. The molecular weight excluding hydrogens is 507 g/mol. The summed E-state index contributed by atoms with van der Waals surface area (Å²) in [6, 6.07) is 0. The molecule has 36 heavy (non-hydrogen) atoms. The van der Waals surface area contributed by atoms with Crippen LogP contribution >= 0.6 is 32.7 Å². The van der Waals surface area contributed by atoms with E-state index in [1.807, 2.05) is 0 Å². The Morgan fingerprint density at radius 2 is 0.861 bits per heavy atom. The summed E-state index contributed by atoms with van der Waals surface area (Å²) in [6.07, 6.45) is 33.7. The van der Waals surface area contributed by atoms with Gasteiger partial charge in [0, 0.05) is 0 Å². The van der Waals surface area contributed by atoms with Crippen LogP contribution in [0.25, 0.3) is 0 Å².